The largest absolute Gasteiger partial charge is 0.416 e. The van der Waals surface area contributed by atoms with Crippen LogP contribution in [0.15, 0.2) is 42.5 Å². The van der Waals surface area contributed by atoms with Gasteiger partial charge in [0.1, 0.15) is 0 Å². The first-order valence-corrected chi connectivity index (χ1v) is 12.4. The molecule has 0 aliphatic rings. The van der Waals surface area contributed by atoms with Gasteiger partial charge in [0, 0.05) is 21.5 Å². The molecule has 2 heterocycles. The van der Waals surface area contributed by atoms with Crippen molar-refractivity contribution in [3.05, 3.63) is 75.5 Å². The van der Waals surface area contributed by atoms with E-state index >= 15 is 0 Å². The number of para-hydroxylation sites is 1. The van der Waals surface area contributed by atoms with Gasteiger partial charge in [-0.3, -0.25) is 0 Å². The molecule has 5 aromatic rings. The number of hydrogen-bond donors (Lipinski definition) is 0. The minimum Gasteiger partial charge on any atom is -0.308 e. The van der Waals surface area contributed by atoms with Crippen molar-refractivity contribution >= 4 is 50.2 Å². The molecule has 2 aromatic heterocycles. The van der Waals surface area contributed by atoms with Gasteiger partial charge in [-0.1, -0.05) is 57.7 Å². The molecule has 0 saturated heterocycles. The Hall–Kier alpha value is -3.27. The number of halogens is 3. The molecule has 0 aliphatic heterocycles. The van der Waals surface area contributed by atoms with Crippen molar-refractivity contribution in [3.63, 3.8) is 0 Å². The molecule has 4 heteroatoms. The summed E-state index contributed by atoms with van der Waals surface area (Å²) in [6.07, 6.45) is -2.62. The van der Waals surface area contributed by atoms with E-state index in [1.54, 1.807) is 6.07 Å². The third kappa shape index (κ3) is 3.45. The number of alkyl halides is 3. The highest BCUT2D eigenvalue weighted by atomic mass is 19.4. The van der Waals surface area contributed by atoms with Gasteiger partial charge in [-0.05, 0) is 84.7 Å². The average molecular weight is 488 g/mol. The Kier molecular flexibility index (Phi) is 5.34. The van der Waals surface area contributed by atoms with E-state index in [1.807, 2.05) is 19.1 Å². The maximum Gasteiger partial charge on any atom is 0.416 e. The van der Waals surface area contributed by atoms with Crippen molar-refractivity contribution in [3.8, 4) is 0 Å². The standard InChI is InChI=1S/C32H32F3N/c1-9-24(32(33,34)35)23-15-21(16-31(6,7)8)28-22-12-10-11-13-25(22)36-29-18(3)14-17(2)19(4)26(29)20(5)27(23)30(28)36/h9-15H,5,16H2,1-4,6-8H3/b24-9+. The second-order valence-electron chi connectivity index (χ2n) is 11.3. The molecule has 0 radical (unpaired) electrons. The second kappa shape index (κ2) is 7.86. The van der Waals surface area contributed by atoms with Crippen LogP contribution in [-0.4, -0.2) is 10.6 Å². The van der Waals surface area contributed by atoms with E-state index < -0.39 is 11.7 Å². The Morgan fingerprint density at radius 1 is 0.917 bits per heavy atom. The molecule has 3 aromatic carbocycles. The SMILES string of the molecule is C=c1c2c(C)c(C)cc(C)c2n2c3ccccc3c3c(CC(C)(C)C)cc(/C(=C\C)C(F)(F)F)c1c32. The molecule has 0 unspecified atom stereocenters. The third-order valence-electron chi connectivity index (χ3n) is 7.46. The Morgan fingerprint density at radius 3 is 2.19 bits per heavy atom. The van der Waals surface area contributed by atoms with Gasteiger partial charge in [-0.25, -0.2) is 0 Å². The molecule has 0 aliphatic carbocycles. The van der Waals surface area contributed by atoms with E-state index in [0.29, 0.717) is 17.0 Å². The second-order valence-corrected chi connectivity index (χ2v) is 11.3. The van der Waals surface area contributed by atoms with Gasteiger partial charge in [0.15, 0.2) is 0 Å². The Bertz CT molecular complexity index is 1770. The van der Waals surface area contributed by atoms with Gasteiger partial charge >= 0.3 is 6.18 Å². The number of aryl methyl sites for hydroxylation is 3. The number of hydrogen-bond acceptors (Lipinski definition) is 0. The van der Waals surface area contributed by atoms with E-state index in [2.05, 4.69) is 63.8 Å². The Balaban J connectivity index is 2.22. The van der Waals surface area contributed by atoms with E-state index in [9.17, 15) is 13.2 Å². The summed E-state index contributed by atoms with van der Waals surface area (Å²) in [5.74, 6) is 0. The fourth-order valence-electron chi connectivity index (χ4n) is 6.04. The lowest BCUT2D eigenvalue weighted by Crippen LogP contribution is -2.17. The summed E-state index contributed by atoms with van der Waals surface area (Å²) in [6, 6.07) is 12.1. The molecule has 5 rings (SSSR count). The van der Waals surface area contributed by atoms with Gasteiger partial charge in [0.2, 0.25) is 0 Å². The van der Waals surface area contributed by atoms with Crippen molar-refractivity contribution in [1.29, 1.82) is 0 Å². The average Bonchev–Trinajstić information content (AvgIpc) is 3.09. The molecule has 0 amide bonds. The van der Waals surface area contributed by atoms with Crippen LogP contribution in [0.2, 0.25) is 0 Å². The van der Waals surface area contributed by atoms with Crippen molar-refractivity contribution < 1.29 is 13.2 Å². The minimum atomic E-state index is -4.48. The monoisotopic (exact) mass is 487 g/mol. The van der Waals surface area contributed by atoms with Crippen LogP contribution in [0.4, 0.5) is 13.2 Å². The topological polar surface area (TPSA) is 4.41 Å². The lowest BCUT2D eigenvalue weighted by molar-refractivity contribution is -0.0689. The van der Waals surface area contributed by atoms with Crippen LogP contribution in [0, 0.1) is 26.2 Å². The van der Waals surface area contributed by atoms with Gasteiger partial charge in [0.05, 0.1) is 22.1 Å². The van der Waals surface area contributed by atoms with E-state index in [4.69, 9.17) is 0 Å². The summed E-state index contributed by atoms with van der Waals surface area (Å²) in [7, 11) is 0. The molecule has 0 atom stereocenters. The van der Waals surface area contributed by atoms with Crippen molar-refractivity contribution in [2.24, 2.45) is 5.41 Å². The van der Waals surface area contributed by atoms with Gasteiger partial charge in [-0.15, -0.1) is 0 Å². The third-order valence-corrected chi connectivity index (χ3v) is 7.46. The van der Waals surface area contributed by atoms with Crippen LogP contribution in [0.1, 0.15) is 55.5 Å². The molecule has 0 bridgehead atoms. The van der Waals surface area contributed by atoms with Gasteiger partial charge in [-0.2, -0.15) is 13.2 Å². The number of allylic oxidation sites excluding steroid dienone is 2. The molecule has 36 heavy (non-hydrogen) atoms. The Labute approximate surface area is 209 Å². The molecular formula is C32H32F3N. The normalized spacial score (nSPS) is 13.7. The zero-order chi connectivity index (χ0) is 26.3. The summed E-state index contributed by atoms with van der Waals surface area (Å²) < 4.78 is 45.5. The quantitative estimate of drug-likeness (QED) is 0.219. The number of aromatic nitrogens is 1. The molecule has 186 valence electrons. The highest BCUT2D eigenvalue weighted by Crippen LogP contribution is 2.44. The van der Waals surface area contributed by atoms with Crippen LogP contribution < -0.4 is 5.22 Å². The van der Waals surface area contributed by atoms with Crippen LogP contribution >= 0.6 is 0 Å². The molecule has 0 spiro atoms. The van der Waals surface area contributed by atoms with Crippen LogP contribution in [0.3, 0.4) is 0 Å². The minimum absolute atomic E-state index is 0.105. The number of fused-ring (bicyclic) bond motifs is 5. The first-order chi connectivity index (χ1) is 16.8. The Morgan fingerprint density at radius 2 is 1.58 bits per heavy atom. The van der Waals surface area contributed by atoms with Crippen LogP contribution in [0.25, 0.3) is 50.2 Å². The van der Waals surface area contributed by atoms with Gasteiger partial charge in [0.25, 0.3) is 0 Å². The lowest BCUT2D eigenvalue weighted by Gasteiger charge is -2.23. The van der Waals surface area contributed by atoms with Crippen LogP contribution in [0.5, 0.6) is 0 Å². The number of rotatable bonds is 2. The molecule has 0 fully saturated rings. The number of pyridine rings is 1. The first-order valence-electron chi connectivity index (χ1n) is 12.4. The predicted molar refractivity (Wildman–Crippen MR) is 148 cm³/mol. The molecule has 1 nitrogen and oxygen atoms in total. The smallest absolute Gasteiger partial charge is 0.308 e. The molecular weight excluding hydrogens is 455 g/mol. The summed E-state index contributed by atoms with van der Waals surface area (Å²) in [5, 5.41) is 4.28. The summed E-state index contributed by atoms with van der Waals surface area (Å²) in [5.41, 5.74) is 6.55. The fraction of sp³-hybridized carbons (Fsp3) is 0.312. The number of benzene rings is 3. The lowest BCUT2D eigenvalue weighted by atomic mass is 9.83. The van der Waals surface area contributed by atoms with Crippen molar-refractivity contribution in [2.45, 2.75) is 61.1 Å². The first kappa shape index (κ1) is 24.4. The predicted octanol–water partition coefficient (Wildman–Crippen LogP) is 9.01. The van der Waals surface area contributed by atoms with Crippen LogP contribution in [-0.2, 0) is 6.42 Å². The van der Waals surface area contributed by atoms with E-state index in [0.717, 1.165) is 55.0 Å². The van der Waals surface area contributed by atoms with Crippen molar-refractivity contribution in [1.82, 2.24) is 4.40 Å². The summed E-state index contributed by atoms with van der Waals surface area (Å²) >= 11 is 0. The molecule has 0 saturated carbocycles. The maximum atomic E-state index is 14.4. The summed E-state index contributed by atoms with van der Waals surface area (Å²) in [6.45, 7) is 18.5. The van der Waals surface area contributed by atoms with E-state index in [-0.39, 0.29) is 11.0 Å². The van der Waals surface area contributed by atoms with Crippen molar-refractivity contribution in [2.75, 3.05) is 0 Å². The fourth-order valence-corrected chi connectivity index (χ4v) is 6.04. The number of nitrogens with zero attached hydrogens (tertiary/aromatic N) is 1. The zero-order valence-electron chi connectivity index (χ0n) is 22.0. The maximum absolute atomic E-state index is 14.4. The zero-order valence-corrected chi connectivity index (χ0v) is 22.0. The highest BCUT2D eigenvalue weighted by molar-refractivity contribution is 6.21. The highest BCUT2D eigenvalue weighted by Gasteiger charge is 2.36. The summed E-state index contributed by atoms with van der Waals surface area (Å²) in [4.78, 5) is 0. The molecule has 0 N–H and O–H groups in total. The van der Waals surface area contributed by atoms with Gasteiger partial charge < -0.3 is 4.40 Å². The van der Waals surface area contributed by atoms with E-state index in [1.165, 1.54) is 13.0 Å².